The molecule has 0 aliphatic carbocycles. The Labute approximate surface area is 136 Å². The molecule has 1 aromatic carbocycles. The zero-order valence-electron chi connectivity index (χ0n) is 13.6. The number of nitrogens with one attached hydrogen (secondary N) is 1. The van der Waals surface area contributed by atoms with Crippen molar-refractivity contribution in [3.05, 3.63) is 17.7 Å². The van der Waals surface area contributed by atoms with Gasteiger partial charge in [0, 0.05) is 18.7 Å². The van der Waals surface area contributed by atoms with Gasteiger partial charge in [-0.1, -0.05) is 6.42 Å². The first kappa shape index (κ1) is 16.3. The molecule has 1 saturated heterocycles. The van der Waals surface area contributed by atoms with Crippen molar-refractivity contribution < 1.29 is 17.9 Å². The van der Waals surface area contributed by atoms with E-state index in [1.165, 1.54) is 6.07 Å². The Bertz CT molecular complexity index is 745. The number of rotatable bonds is 2. The predicted octanol–water partition coefficient (Wildman–Crippen LogP) is 2.28. The van der Waals surface area contributed by atoms with E-state index in [2.05, 4.69) is 5.32 Å². The van der Waals surface area contributed by atoms with Crippen LogP contribution in [-0.4, -0.2) is 37.3 Å². The highest BCUT2D eigenvalue weighted by Crippen LogP contribution is 2.36. The number of hydrogen-bond donors (Lipinski definition) is 1. The van der Waals surface area contributed by atoms with Crippen LogP contribution in [0.3, 0.4) is 0 Å². The topological polar surface area (TPSA) is 75.7 Å². The first-order valence-electron chi connectivity index (χ1n) is 7.94. The van der Waals surface area contributed by atoms with Gasteiger partial charge in [0.25, 0.3) is 5.91 Å². The highest BCUT2D eigenvalue weighted by molar-refractivity contribution is 7.89. The Kier molecular flexibility index (Phi) is 4.10. The van der Waals surface area contributed by atoms with Gasteiger partial charge in [-0.15, -0.1) is 0 Å². The molecule has 1 amide bonds. The fourth-order valence-corrected chi connectivity index (χ4v) is 5.10. The molecule has 2 heterocycles. The summed E-state index contributed by atoms with van der Waals surface area (Å²) in [6, 6.07) is 3.21. The van der Waals surface area contributed by atoms with Crippen LogP contribution < -0.4 is 10.1 Å². The van der Waals surface area contributed by atoms with Crippen molar-refractivity contribution in [1.29, 1.82) is 0 Å². The van der Waals surface area contributed by atoms with Crippen molar-refractivity contribution in [2.45, 2.75) is 57.1 Å². The summed E-state index contributed by atoms with van der Waals surface area (Å²) in [7, 11) is -3.57. The number of hydrogen-bond acceptors (Lipinski definition) is 4. The van der Waals surface area contributed by atoms with Crippen LogP contribution in [0.4, 0.5) is 5.69 Å². The summed E-state index contributed by atoms with van der Waals surface area (Å²) < 4.78 is 33.2. The molecule has 0 bridgehead atoms. The molecule has 23 heavy (non-hydrogen) atoms. The van der Waals surface area contributed by atoms with Crippen LogP contribution in [-0.2, 0) is 14.8 Å². The minimum atomic E-state index is -3.57. The lowest BCUT2D eigenvalue weighted by Gasteiger charge is -2.33. The molecule has 2 atom stereocenters. The Morgan fingerprint density at radius 1 is 1.26 bits per heavy atom. The van der Waals surface area contributed by atoms with Crippen LogP contribution in [0.15, 0.2) is 17.0 Å². The second-order valence-corrected chi connectivity index (χ2v) is 8.18. The van der Waals surface area contributed by atoms with Gasteiger partial charge in [0.05, 0.1) is 10.6 Å². The highest BCUT2D eigenvalue weighted by Gasteiger charge is 2.34. The number of ether oxygens (including phenoxy) is 1. The molecule has 0 spiro atoms. The summed E-state index contributed by atoms with van der Waals surface area (Å²) in [5.74, 6) is 0.183. The van der Waals surface area contributed by atoms with E-state index in [9.17, 15) is 13.2 Å². The summed E-state index contributed by atoms with van der Waals surface area (Å²) in [5, 5.41) is 2.75. The first-order chi connectivity index (χ1) is 10.8. The molecule has 1 aromatic rings. The van der Waals surface area contributed by atoms with Crippen molar-refractivity contribution in [2.75, 3.05) is 11.9 Å². The quantitative estimate of drug-likeness (QED) is 0.897. The second-order valence-electron chi connectivity index (χ2n) is 6.32. The van der Waals surface area contributed by atoms with Gasteiger partial charge in [0.2, 0.25) is 10.0 Å². The van der Waals surface area contributed by atoms with E-state index in [0.29, 0.717) is 23.5 Å². The molecular weight excluding hydrogens is 316 g/mol. The normalized spacial score (nSPS) is 25.4. The van der Waals surface area contributed by atoms with Gasteiger partial charge in [0.15, 0.2) is 6.10 Å². The Morgan fingerprint density at radius 3 is 2.70 bits per heavy atom. The smallest absolute Gasteiger partial charge is 0.265 e. The number of aryl methyl sites for hydroxylation is 1. The van der Waals surface area contributed by atoms with Gasteiger partial charge < -0.3 is 10.1 Å². The molecule has 3 rings (SSSR count). The first-order valence-corrected chi connectivity index (χ1v) is 9.38. The maximum atomic E-state index is 13.0. The van der Waals surface area contributed by atoms with Crippen LogP contribution in [0.2, 0.25) is 0 Å². The molecule has 2 aliphatic heterocycles. The summed E-state index contributed by atoms with van der Waals surface area (Å²) in [5.41, 5.74) is 1.14. The van der Waals surface area contributed by atoms with Crippen molar-refractivity contribution >= 4 is 21.6 Å². The summed E-state index contributed by atoms with van der Waals surface area (Å²) in [6.45, 7) is 5.88. The van der Waals surface area contributed by atoms with Crippen molar-refractivity contribution in [3.63, 3.8) is 0 Å². The Hall–Kier alpha value is -1.60. The largest absolute Gasteiger partial charge is 0.479 e. The lowest BCUT2D eigenvalue weighted by Crippen LogP contribution is -2.42. The molecule has 126 valence electrons. The molecule has 0 saturated carbocycles. The predicted molar refractivity (Wildman–Crippen MR) is 87.1 cm³/mol. The number of carbonyl (C=O) groups is 1. The fourth-order valence-electron chi connectivity index (χ4n) is 3.18. The van der Waals surface area contributed by atoms with Crippen LogP contribution in [0.5, 0.6) is 5.75 Å². The number of benzene rings is 1. The molecule has 0 aromatic heterocycles. The van der Waals surface area contributed by atoms with Gasteiger partial charge in [-0.25, -0.2) is 8.42 Å². The van der Waals surface area contributed by atoms with E-state index in [-0.39, 0.29) is 16.8 Å². The number of piperidine rings is 1. The van der Waals surface area contributed by atoms with Gasteiger partial charge in [-0.2, -0.15) is 4.31 Å². The lowest BCUT2D eigenvalue weighted by atomic mass is 10.1. The standard InChI is InChI=1S/C16H22N2O4S/c1-10-8-13-14(22-12(3)16(19)17-13)9-15(10)23(20,21)18-7-5-4-6-11(18)2/h8-9,11-12H,4-7H2,1-3H3,(H,17,19). The van der Waals surface area contributed by atoms with Crippen LogP contribution >= 0.6 is 0 Å². The number of amides is 1. The molecule has 1 N–H and O–H groups in total. The van der Waals surface area contributed by atoms with Crippen molar-refractivity contribution in [2.24, 2.45) is 0 Å². The van der Waals surface area contributed by atoms with Crippen LogP contribution in [0.25, 0.3) is 0 Å². The van der Waals surface area contributed by atoms with Crippen molar-refractivity contribution in [1.82, 2.24) is 4.31 Å². The van der Waals surface area contributed by atoms with Crippen LogP contribution in [0.1, 0.15) is 38.7 Å². The number of sulfonamides is 1. The number of nitrogens with zero attached hydrogens (tertiary/aromatic N) is 1. The molecular formula is C16H22N2O4S. The molecule has 2 unspecified atom stereocenters. The van der Waals surface area contributed by atoms with Crippen molar-refractivity contribution in [3.8, 4) is 5.75 Å². The molecule has 6 nitrogen and oxygen atoms in total. The molecule has 0 radical (unpaired) electrons. The third kappa shape index (κ3) is 2.83. The second kappa shape index (κ2) is 5.79. The monoisotopic (exact) mass is 338 g/mol. The minimum Gasteiger partial charge on any atom is -0.479 e. The highest BCUT2D eigenvalue weighted by atomic mass is 32.2. The van der Waals surface area contributed by atoms with E-state index < -0.39 is 16.1 Å². The van der Waals surface area contributed by atoms with Gasteiger partial charge >= 0.3 is 0 Å². The van der Waals surface area contributed by atoms with Gasteiger partial charge in [0.1, 0.15) is 5.75 Å². The summed E-state index contributed by atoms with van der Waals surface area (Å²) >= 11 is 0. The zero-order valence-corrected chi connectivity index (χ0v) is 14.4. The maximum Gasteiger partial charge on any atom is 0.265 e. The number of carbonyl (C=O) groups excluding carboxylic acids is 1. The Balaban J connectivity index is 2.03. The average Bonchev–Trinajstić information content (AvgIpc) is 2.48. The number of anilines is 1. The number of fused-ring (bicyclic) bond motifs is 1. The van der Waals surface area contributed by atoms with E-state index in [1.807, 2.05) is 6.92 Å². The fraction of sp³-hybridized carbons (Fsp3) is 0.562. The molecule has 7 heteroatoms. The lowest BCUT2D eigenvalue weighted by molar-refractivity contribution is -0.122. The van der Waals surface area contributed by atoms with E-state index in [0.717, 1.165) is 19.3 Å². The van der Waals surface area contributed by atoms with Gasteiger partial charge in [-0.05, 0) is 45.2 Å². The molecule has 2 aliphatic rings. The SMILES string of the molecule is Cc1cc2c(cc1S(=O)(=O)N1CCCCC1C)OC(C)C(=O)N2. The van der Waals surface area contributed by atoms with E-state index in [1.54, 1.807) is 24.2 Å². The zero-order chi connectivity index (χ0) is 16.8. The summed E-state index contributed by atoms with van der Waals surface area (Å²) in [6.07, 6.45) is 2.20. The third-order valence-corrected chi connectivity index (χ3v) is 6.69. The van der Waals surface area contributed by atoms with E-state index in [4.69, 9.17) is 4.74 Å². The van der Waals surface area contributed by atoms with E-state index >= 15 is 0 Å². The van der Waals surface area contributed by atoms with Gasteiger partial charge in [-0.3, -0.25) is 4.79 Å². The minimum absolute atomic E-state index is 0.00345. The average molecular weight is 338 g/mol. The third-order valence-electron chi connectivity index (χ3n) is 4.54. The summed E-state index contributed by atoms with van der Waals surface area (Å²) in [4.78, 5) is 11.9. The maximum absolute atomic E-state index is 13.0. The molecule has 1 fully saturated rings. The van der Waals surface area contributed by atoms with Crippen LogP contribution in [0, 0.1) is 6.92 Å². The Morgan fingerprint density at radius 2 is 2.00 bits per heavy atom.